The molecule has 0 aromatic carbocycles. The van der Waals surface area contributed by atoms with E-state index in [0.717, 1.165) is 0 Å². The average Bonchev–Trinajstić information content (AvgIpc) is 2.28. The largest absolute Gasteiger partial charge is 0.476 e. The molecule has 0 amide bonds. The summed E-state index contributed by atoms with van der Waals surface area (Å²) in [4.78, 5) is 7.51. The molecule has 0 aliphatic heterocycles. The van der Waals surface area contributed by atoms with Gasteiger partial charge in [-0.05, 0) is 13.3 Å². The number of ether oxygens (including phenoxy) is 2. The number of aromatic nitrogens is 2. The number of hydrogen-bond acceptors (Lipinski definition) is 5. The first-order chi connectivity index (χ1) is 8.44. The molecule has 0 spiro atoms. The molecule has 1 aromatic heterocycles. The summed E-state index contributed by atoms with van der Waals surface area (Å²) < 4.78 is 45.9. The van der Waals surface area contributed by atoms with Crippen molar-refractivity contribution in [3.8, 4) is 11.8 Å². The van der Waals surface area contributed by atoms with Crippen LogP contribution in [0.3, 0.4) is 0 Å². The van der Waals surface area contributed by atoms with E-state index in [1.807, 2.05) is 0 Å². The summed E-state index contributed by atoms with van der Waals surface area (Å²) in [5, 5.41) is 0. The molecular formula is C10H14F3N3O2. The van der Waals surface area contributed by atoms with E-state index in [0.29, 0.717) is 6.61 Å². The molecule has 0 atom stereocenters. The lowest BCUT2D eigenvalue weighted by molar-refractivity contribution is -0.136. The van der Waals surface area contributed by atoms with Gasteiger partial charge in [-0.1, -0.05) is 0 Å². The Morgan fingerprint density at radius 3 is 2.39 bits per heavy atom. The molecule has 18 heavy (non-hydrogen) atoms. The topological polar surface area (TPSA) is 70.3 Å². The van der Waals surface area contributed by atoms with E-state index in [2.05, 4.69) is 9.97 Å². The lowest BCUT2D eigenvalue weighted by Crippen LogP contribution is -2.11. The SMILES string of the molecule is CCOc1ncnc(OCCCC(F)(F)F)c1N. The summed E-state index contributed by atoms with van der Waals surface area (Å²) in [6.45, 7) is 2.01. The molecule has 0 radical (unpaired) electrons. The van der Waals surface area contributed by atoms with Crippen molar-refractivity contribution in [1.82, 2.24) is 9.97 Å². The predicted molar refractivity (Wildman–Crippen MR) is 58.4 cm³/mol. The highest BCUT2D eigenvalue weighted by Gasteiger charge is 2.26. The molecule has 2 N–H and O–H groups in total. The van der Waals surface area contributed by atoms with E-state index in [1.54, 1.807) is 6.92 Å². The third kappa shape index (κ3) is 4.64. The van der Waals surface area contributed by atoms with Gasteiger partial charge < -0.3 is 15.2 Å². The number of nitrogens with zero attached hydrogens (tertiary/aromatic N) is 2. The number of halogens is 3. The van der Waals surface area contributed by atoms with Crippen molar-refractivity contribution in [1.29, 1.82) is 0 Å². The van der Waals surface area contributed by atoms with Crippen LogP contribution in [0.1, 0.15) is 19.8 Å². The van der Waals surface area contributed by atoms with Gasteiger partial charge in [0.2, 0.25) is 11.8 Å². The number of rotatable bonds is 6. The second-order valence-electron chi connectivity index (χ2n) is 3.40. The lowest BCUT2D eigenvalue weighted by Gasteiger charge is -2.10. The number of nitrogens with two attached hydrogens (primary N) is 1. The first-order valence-corrected chi connectivity index (χ1v) is 5.37. The molecule has 0 saturated carbocycles. The molecule has 0 unspecified atom stereocenters. The van der Waals surface area contributed by atoms with Crippen LogP contribution in [-0.2, 0) is 0 Å². The van der Waals surface area contributed by atoms with E-state index in [4.69, 9.17) is 15.2 Å². The van der Waals surface area contributed by atoms with Gasteiger partial charge in [-0.25, -0.2) is 0 Å². The van der Waals surface area contributed by atoms with Gasteiger partial charge in [0.1, 0.15) is 6.33 Å². The van der Waals surface area contributed by atoms with Crippen LogP contribution in [0, 0.1) is 0 Å². The third-order valence-corrected chi connectivity index (χ3v) is 1.94. The number of anilines is 1. The van der Waals surface area contributed by atoms with E-state index in [1.165, 1.54) is 6.33 Å². The summed E-state index contributed by atoms with van der Waals surface area (Å²) in [5.41, 5.74) is 5.73. The Morgan fingerprint density at radius 2 is 1.83 bits per heavy atom. The van der Waals surface area contributed by atoms with Crippen molar-refractivity contribution in [3.05, 3.63) is 6.33 Å². The first-order valence-electron chi connectivity index (χ1n) is 5.37. The Bertz CT molecular complexity index is 385. The van der Waals surface area contributed by atoms with Crippen LogP contribution in [0.15, 0.2) is 6.33 Å². The van der Waals surface area contributed by atoms with Gasteiger partial charge in [-0.2, -0.15) is 23.1 Å². The van der Waals surface area contributed by atoms with Gasteiger partial charge in [0.25, 0.3) is 0 Å². The Morgan fingerprint density at radius 1 is 1.22 bits per heavy atom. The molecule has 8 heteroatoms. The molecule has 5 nitrogen and oxygen atoms in total. The molecule has 0 aliphatic rings. The van der Waals surface area contributed by atoms with Crippen molar-refractivity contribution >= 4 is 5.69 Å². The zero-order valence-electron chi connectivity index (χ0n) is 9.83. The molecule has 0 fully saturated rings. The summed E-state index contributed by atoms with van der Waals surface area (Å²) >= 11 is 0. The van der Waals surface area contributed by atoms with Crippen LogP contribution >= 0.6 is 0 Å². The van der Waals surface area contributed by atoms with E-state index in [9.17, 15) is 13.2 Å². The molecule has 102 valence electrons. The number of alkyl halides is 3. The third-order valence-electron chi connectivity index (χ3n) is 1.94. The van der Waals surface area contributed by atoms with E-state index in [-0.39, 0.29) is 30.5 Å². The van der Waals surface area contributed by atoms with Crippen molar-refractivity contribution in [2.24, 2.45) is 0 Å². The molecule has 0 saturated heterocycles. The zero-order chi connectivity index (χ0) is 13.6. The van der Waals surface area contributed by atoms with Crippen molar-refractivity contribution in [2.45, 2.75) is 25.9 Å². The van der Waals surface area contributed by atoms with Gasteiger partial charge in [-0.15, -0.1) is 0 Å². The molecule has 1 aromatic rings. The minimum absolute atomic E-state index is 0.0376. The fraction of sp³-hybridized carbons (Fsp3) is 0.600. The Labute approximate surface area is 102 Å². The number of hydrogen-bond donors (Lipinski definition) is 1. The van der Waals surface area contributed by atoms with Crippen LogP contribution in [0.25, 0.3) is 0 Å². The fourth-order valence-corrected chi connectivity index (χ4v) is 1.17. The monoisotopic (exact) mass is 265 g/mol. The highest BCUT2D eigenvalue weighted by atomic mass is 19.4. The van der Waals surface area contributed by atoms with Crippen molar-refractivity contribution < 1.29 is 22.6 Å². The highest BCUT2D eigenvalue weighted by Crippen LogP contribution is 2.27. The smallest absolute Gasteiger partial charge is 0.389 e. The summed E-state index contributed by atoms with van der Waals surface area (Å²) in [5.74, 6) is 0.203. The van der Waals surface area contributed by atoms with Gasteiger partial charge in [0.15, 0.2) is 5.69 Å². The van der Waals surface area contributed by atoms with Crippen LogP contribution in [0.4, 0.5) is 18.9 Å². The average molecular weight is 265 g/mol. The first kappa shape index (κ1) is 14.3. The molecule has 1 heterocycles. The van der Waals surface area contributed by atoms with Crippen LogP contribution in [0.2, 0.25) is 0 Å². The lowest BCUT2D eigenvalue weighted by atomic mass is 10.3. The van der Waals surface area contributed by atoms with E-state index < -0.39 is 12.6 Å². The van der Waals surface area contributed by atoms with Crippen LogP contribution < -0.4 is 15.2 Å². The predicted octanol–water partition coefficient (Wildman–Crippen LogP) is 2.18. The Kier molecular flexibility index (Phi) is 4.99. The van der Waals surface area contributed by atoms with Gasteiger partial charge in [0, 0.05) is 6.42 Å². The highest BCUT2D eigenvalue weighted by molar-refractivity contribution is 5.55. The Hall–Kier alpha value is -1.73. The molecule has 0 bridgehead atoms. The molecule has 1 rings (SSSR count). The van der Waals surface area contributed by atoms with Crippen LogP contribution in [-0.4, -0.2) is 29.4 Å². The second-order valence-corrected chi connectivity index (χ2v) is 3.40. The van der Waals surface area contributed by atoms with E-state index >= 15 is 0 Å². The van der Waals surface area contributed by atoms with Gasteiger partial charge in [0.05, 0.1) is 13.2 Å². The zero-order valence-corrected chi connectivity index (χ0v) is 9.83. The minimum Gasteiger partial charge on any atom is -0.476 e. The van der Waals surface area contributed by atoms with Gasteiger partial charge in [-0.3, -0.25) is 0 Å². The summed E-state index contributed by atoms with van der Waals surface area (Å²) in [6.07, 6.45) is -4.06. The van der Waals surface area contributed by atoms with Crippen LogP contribution in [0.5, 0.6) is 11.8 Å². The Balaban J connectivity index is 2.50. The number of nitrogen functional groups attached to an aromatic ring is 1. The van der Waals surface area contributed by atoms with Gasteiger partial charge >= 0.3 is 6.18 Å². The maximum Gasteiger partial charge on any atom is 0.389 e. The fourth-order valence-electron chi connectivity index (χ4n) is 1.17. The second kappa shape index (κ2) is 6.27. The summed E-state index contributed by atoms with van der Waals surface area (Å²) in [7, 11) is 0. The van der Waals surface area contributed by atoms with Crippen molar-refractivity contribution in [3.63, 3.8) is 0 Å². The minimum atomic E-state index is -4.18. The maximum absolute atomic E-state index is 11.9. The quantitative estimate of drug-likeness (QED) is 0.798. The molecule has 0 aliphatic carbocycles. The summed E-state index contributed by atoms with van der Waals surface area (Å²) in [6, 6.07) is 0. The normalized spacial score (nSPS) is 11.3. The van der Waals surface area contributed by atoms with Crippen molar-refractivity contribution in [2.75, 3.05) is 18.9 Å². The molecular weight excluding hydrogens is 251 g/mol. The maximum atomic E-state index is 11.9. The standard InChI is InChI=1S/C10H14F3N3O2/c1-2-17-8-7(14)9(16-6-15-8)18-5-3-4-10(11,12)13/h6H,2-5,14H2,1H3.